The van der Waals surface area contributed by atoms with Crippen LogP contribution < -0.4 is 0 Å². The van der Waals surface area contributed by atoms with E-state index in [1.54, 1.807) is 24.3 Å². The first kappa shape index (κ1) is 19.8. The third kappa shape index (κ3) is 5.65. The molecule has 0 saturated heterocycles. The Morgan fingerprint density at radius 1 is 0.545 bits per heavy atom. The summed E-state index contributed by atoms with van der Waals surface area (Å²) in [5, 5.41) is 0. The van der Waals surface area contributed by atoms with E-state index >= 15 is 0 Å². The van der Waals surface area contributed by atoms with Crippen LogP contribution >= 0.6 is 0 Å². The topological polar surface area (TPSA) is 34.1 Å². The smallest absolute Gasteiger partial charge is 0.233 e. The van der Waals surface area contributed by atoms with E-state index in [2.05, 4.69) is 0 Å². The van der Waals surface area contributed by atoms with Gasteiger partial charge in [0.05, 0.1) is 0 Å². The number of hydrogen-bond donors (Lipinski definition) is 0. The summed E-state index contributed by atoms with van der Waals surface area (Å²) in [6, 6.07) is 14.1. The lowest BCUT2D eigenvalue weighted by atomic mass is 10.00. The fourth-order valence-electron chi connectivity index (χ4n) is 1.67. The summed E-state index contributed by atoms with van der Waals surface area (Å²) in [7, 11) is 0. The van der Waals surface area contributed by atoms with Crippen LogP contribution in [0, 0.1) is 13.8 Å². The largest absolute Gasteiger partial charge is 0.285 e. The highest BCUT2D eigenvalue weighted by atomic mass is 16.2. The van der Waals surface area contributed by atoms with E-state index in [0.29, 0.717) is 11.1 Å². The Kier molecular flexibility index (Phi) is 9.44. The minimum absolute atomic E-state index is 0.436. The molecule has 0 unspecified atom stereocenters. The number of Topliss-reactive ketones (excluding diaryl/α,β-unsaturated/α-hetero) is 2. The van der Waals surface area contributed by atoms with E-state index in [9.17, 15) is 9.59 Å². The zero-order valence-corrected chi connectivity index (χ0v) is 14.4. The summed E-state index contributed by atoms with van der Waals surface area (Å²) in [6.45, 7) is 11.9. The highest BCUT2D eigenvalue weighted by Crippen LogP contribution is 2.10. The van der Waals surface area contributed by atoms with Crippen molar-refractivity contribution in [1.29, 1.82) is 0 Å². The highest BCUT2D eigenvalue weighted by Gasteiger charge is 2.17. The summed E-state index contributed by atoms with van der Waals surface area (Å²) in [5.74, 6) is -0.919. The van der Waals surface area contributed by atoms with Gasteiger partial charge in [0.1, 0.15) is 0 Å². The van der Waals surface area contributed by atoms with E-state index in [1.807, 2.05) is 65.8 Å². The average molecular weight is 298 g/mol. The van der Waals surface area contributed by atoms with Gasteiger partial charge in [-0.2, -0.15) is 0 Å². The molecule has 0 amide bonds. The van der Waals surface area contributed by atoms with Crippen LogP contribution in [-0.2, 0) is 0 Å². The second-order valence-electron chi connectivity index (χ2n) is 4.39. The maximum Gasteiger partial charge on any atom is 0.233 e. The third-order valence-electron chi connectivity index (χ3n) is 2.83. The van der Waals surface area contributed by atoms with Crippen molar-refractivity contribution >= 4 is 11.6 Å². The van der Waals surface area contributed by atoms with Gasteiger partial charge in [-0.05, 0) is 13.8 Å². The standard InChI is InChI=1S/C16H14O2.2C2H6/c1-11-3-7-13(8-4-11)15(17)16(18)14-9-5-12(2)6-10-14;2*1-2/h3-10H,1-2H3;2*1-2H3. The first-order chi connectivity index (χ1) is 10.6. The molecular formula is C20H26O2. The maximum absolute atomic E-state index is 12.0. The predicted molar refractivity (Wildman–Crippen MR) is 93.7 cm³/mol. The fourth-order valence-corrected chi connectivity index (χ4v) is 1.67. The predicted octanol–water partition coefficient (Wildman–Crippen LogP) is 5.42. The molecule has 0 fully saturated rings. The minimum atomic E-state index is -0.459. The van der Waals surface area contributed by atoms with Gasteiger partial charge >= 0.3 is 0 Å². The molecule has 0 saturated carbocycles. The molecule has 2 nitrogen and oxygen atoms in total. The highest BCUT2D eigenvalue weighted by molar-refractivity contribution is 6.49. The first-order valence-corrected chi connectivity index (χ1v) is 7.80. The molecule has 2 heteroatoms. The molecule has 0 radical (unpaired) electrons. The number of carbonyl (C=O) groups excluding carboxylic acids is 2. The summed E-state index contributed by atoms with van der Waals surface area (Å²) in [6.07, 6.45) is 0. The van der Waals surface area contributed by atoms with Crippen LogP contribution in [0.25, 0.3) is 0 Å². The van der Waals surface area contributed by atoms with Crippen LogP contribution in [0.3, 0.4) is 0 Å². The molecule has 0 spiro atoms. The van der Waals surface area contributed by atoms with Gasteiger partial charge in [0, 0.05) is 11.1 Å². The number of rotatable bonds is 3. The number of carbonyl (C=O) groups is 2. The quantitative estimate of drug-likeness (QED) is 0.560. The lowest BCUT2D eigenvalue weighted by Crippen LogP contribution is -2.14. The normalized spacial score (nSPS) is 8.82. The van der Waals surface area contributed by atoms with Crippen LogP contribution in [0.2, 0.25) is 0 Å². The van der Waals surface area contributed by atoms with Gasteiger partial charge < -0.3 is 0 Å². The minimum Gasteiger partial charge on any atom is -0.285 e. The molecule has 118 valence electrons. The van der Waals surface area contributed by atoms with Gasteiger partial charge in [-0.25, -0.2) is 0 Å². The first-order valence-electron chi connectivity index (χ1n) is 7.80. The van der Waals surface area contributed by atoms with Crippen LogP contribution in [-0.4, -0.2) is 11.6 Å². The van der Waals surface area contributed by atoms with Gasteiger partial charge in [-0.1, -0.05) is 87.4 Å². The van der Waals surface area contributed by atoms with Gasteiger partial charge in [0.25, 0.3) is 0 Å². The maximum atomic E-state index is 12.0. The van der Waals surface area contributed by atoms with Crippen LogP contribution in [0.5, 0.6) is 0 Å². The molecule has 0 aliphatic heterocycles. The Bertz CT molecular complexity index is 523. The molecule has 2 aromatic carbocycles. The van der Waals surface area contributed by atoms with Crippen molar-refractivity contribution < 1.29 is 9.59 Å². The molecular weight excluding hydrogens is 272 g/mol. The van der Waals surface area contributed by atoms with Gasteiger partial charge in [0.2, 0.25) is 11.6 Å². The Hall–Kier alpha value is -2.22. The van der Waals surface area contributed by atoms with E-state index in [-0.39, 0.29) is 0 Å². The van der Waals surface area contributed by atoms with Crippen molar-refractivity contribution in [2.75, 3.05) is 0 Å². The number of hydrogen-bond acceptors (Lipinski definition) is 2. The van der Waals surface area contributed by atoms with Crippen molar-refractivity contribution in [1.82, 2.24) is 0 Å². The molecule has 0 atom stereocenters. The van der Waals surface area contributed by atoms with Crippen LogP contribution in [0.4, 0.5) is 0 Å². The molecule has 0 heterocycles. The van der Waals surface area contributed by atoms with E-state index in [1.165, 1.54) is 0 Å². The SMILES string of the molecule is CC.CC.Cc1ccc(C(=O)C(=O)c2ccc(C)cc2)cc1. The third-order valence-corrected chi connectivity index (χ3v) is 2.83. The van der Waals surface area contributed by atoms with Gasteiger partial charge in [-0.3, -0.25) is 9.59 Å². The van der Waals surface area contributed by atoms with E-state index in [0.717, 1.165) is 11.1 Å². The zero-order chi connectivity index (χ0) is 17.1. The van der Waals surface area contributed by atoms with Crippen LogP contribution in [0.1, 0.15) is 59.5 Å². The van der Waals surface area contributed by atoms with Crippen molar-refractivity contribution in [2.24, 2.45) is 0 Å². The van der Waals surface area contributed by atoms with Crippen molar-refractivity contribution in [3.05, 3.63) is 70.8 Å². The fraction of sp³-hybridized carbons (Fsp3) is 0.300. The molecule has 0 aromatic heterocycles. The lowest BCUT2D eigenvalue weighted by Gasteiger charge is -2.02. The van der Waals surface area contributed by atoms with E-state index in [4.69, 9.17) is 0 Å². The monoisotopic (exact) mass is 298 g/mol. The molecule has 2 rings (SSSR count). The Morgan fingerprint density at radius 3 is 1.00 bits per heavy atom. The average Bonchev–Trinajstić information content (AvgIpc) is 2.58. The summed E-state index contributed by atoms with van der Waals surface area (Å²) >= 11 is 0. The van der Waals surface area contributed by atoms with Crippen molar-refractivity contribution in [3.8, 4) is 0 Å². The molecule has 0 N–H and O–H groups in total. The zero-order valence-electron chi connectivity index (χ0n) is 14.4. The van der Waals surface area contributed by atoms with E-state index < -0.39 is 11.6 Å². The summed E-state index contributed by atoms with van der Waals surface area (Å²) in [4.78, 5) is 24.0. The van der Waals surface area contributed by atoms with Gasteiger partial charge in [-0.15, -0.1) is 0 Å². The van der Waals surface area contributed by atoms with Crippen LogP contribution in [0.15, 0.2) is 48.5 Å². The summed E-state index contributed by atoms with van der Waals surface area (Å²) in [5.41, 5.74) is 3.00. The molecule has 0 aliphatic carbocycles. The Labute approximate surface area is 134 Å². The molecule has 0 aliphatic rings. The molecule has 0 bridgehead atoms. The number of aryl methyl sites for hydroxylation is 2. The second kappa shape index (κ2) is 10.5. The Balaban J connectivity index is 0.00000102. The van der Waals surface area contributed by atoms with Gasteiger partial charge in [0.15, 0.2) is 0 Å². The molecule has 22 heavy (non-hydrogen) atoms. The lowest BCUT2D eigenvalue weighted by molar-refractivity contribution is 0.0817. The van der Waals surface area contributed by atoms with Crippen molar-refractivity contribution in [2.45, 2.75) is 41.5 Å². The summed E-state index contributed by atoms with van der Waals surface area (Å²) < 4.78 is 0. The second-order valence-corrected chi connectivity index (χ2v) is 4.39. The Morgan fingerprint density at radius 2 is 0.773 bits per heavy atom. The van der Waals surface area contributed by atoms with Crippen molar-refractivity contribution in [3.63, 3.8) is 0 Å². The number of ketones is 2. The number of benzene rings is 2. The molecule has 2 aromatic rings.